The summed E-state index contributed by atoms with van der Waals surface area (Å²) < 4.78 is 0. The van der Waals surface area contributed by atoms with Gasteiger partial charge in [-0.1, -0.05) is 0 Å². The Labute approximate surface area is 84.2 Å². The molecule has 0 amide bonds. The van der Waals surface area contributed by atoms with E-state index >= 15 is 0 Å². The topological polar surface area (TPSA) is 66.0 Å². The lowest BCUT2D eigenvalue weighted by molar-refractivity contribution is 0.0698. The molecule has 0 atom stereocenters. The van der Waals surface area contributed by atoms with Gasteiger partial charge >= 0.3 is 5.97 Å². The van der Waals surface area contributed by atoms with E-state index in [0.29, 0.717) is 11.4 Å². The number of hydrogen-bond acceptors (Lipinski definition) is 3. The number of aromatic amines is 1. The Kier molecular flexibility index (Phi) is 2.09. The summed E-state index contributed by atoms with van der Waals surface area (Å²) in [5.41, 5.74) is 1.52. The zero-order chi connectivity index (χ0) is 10.1. The zero-order valence-electron chi connectivity index (χ0n) is 7.44. The van der Waals surface area contributed by atoms with Gasteiger partial charge in [0.05, 0.1) is 22.0 Å². The maximum Gasteiger partial charge on any atom is 0.337 e. The van der Waals surface area contributed by atoms with Gasteiger partial charge in [-0.2, -0.15) is 0 Å². The van der Waals surface area contributed by atoms with E-state index in [4.69, 9.17) is 5.11 Å². The third kappa shape index (κ3) is 1.42. The number of nitrogens with one attached hydrogen (secondary N) is 1. The van der Waals surface area contributed by atoms with E-state index in [9.17, 15) is 4.79 Å². The Balaban J connectivity index is 2.51. The molecule has 2 aromatic heterocycles. The van der Waals surface area contributed by atoms with Crippen LogP contribution in [0.15, 0.2) is 17.6 Å². The van der Waals surface area contributed by atoms with Crippen molar-refractivity contribution in [1.29, 1.82) is 0 Å². The van der Waals surface area contributed by atoms with Crippen LogP contribution in [-0.2, 0) is 0 Å². The van der Waals surface area contributed by atoms with E-state index in [1.807, 2.05) is 12.3 Å². The number of carboxylic acid groups (broad SMARTS) is 1. The van der Waals surface area contributed by atoms with E-state index in [0.717, 1.165) is 5.01 Å². The van der Waals surface area contributed by atoms with E-state index in [-0.39, 0.29) is 5.56 Å². The molecule has 0 radical (unpaired) electrons. The molecule has 0 unspecified atom stereocenters. The number of H-pyrrole nitrogens is 1. The highest BCUT2D eigenvalue weighted by Crippen LogP contribution is 2.23. The molecule has 0 saturated carbocycles. The van der Waals surface area contributed by atoms with Crippen LogP contribution in [0.3, 0.4) is 0 Å². The van der Waals surface area contributed by atoms with Gasteiger partial charge in [-0.25, -0.2) is 9.78 Å². The van der Waals surface area contributed by atoms with Crippen molar-refractivity contribution in [1.82, 2.24) is 9.97 Å². The normalized spacial score (nSPS) is 10.4. The summed E-state index contributed by atoms with van der Waals surface area (Å²) in [5, 5.41) is 11.6. The van der Waals surface area contributed by atoms with Crippen LogP contribution >= 0.6 is 11.3 Å². The third-order valence-corrected chi connectivity index (χ3v) is 2.63. The van der Waals surface area contributed by atoms with E-state index < -0.39 is 5.97 Å². The van der Waals surface area contributed by atoms with E-state index in [1.54, 1.807) is 6.20 Å². The standard InChI is InChI=1S/C9H8N2O2S/c1-5-11-7(4-14-5)8-6(9(12)13)2-3-10-8/h2-4,10H,1H3,(H,12,13). The second-order valence-corrected chi connectivity index (χ2v) is 3.89. The molecule has 2 N–H and O–H groups in total. The molecule has 14 heavy (non-hydrogen) atoms. The van der Waals surface area contributed by atoms with Crippen molar-refractivity contribution < 1.29 is 9.90 Å². The summed E-state index contributed by atoms with van der Waals surface area (Å²) in [7, 11) is 0. The Bertz CT molecular complexity index is 473. The summed E-state index contributed by atoms with van der Waals surface area (Å²) in [6.07, 6.45) is 1.60. The molecular weight excluding hydrogens is 200 g/mol. The van der Waals surface area contributed by atoms with Gasteiger partial charge in [0.1, 0.15) is 0 Å². The van der Waals surface area contributed by atoms with Crippen molar-refractivity contribution in [2.75, 3.05) is 0 Å². The number of aryl methyl sites for hydroxylation is 1. The minimum atomic E-state index is -0.938. The second-order valence-electron chi connectivity index (χ2n) is 2.82. The van der Waals surface area contributed by atoms with Crippen LogP contribution in [0.25, 0.3) is 11.4 Å². The van der Waals surface area contributed by atoms with E-state index in [2.05, 4.69) is 9.97 Å². The van der Waals surface area contributed by atoms with Gasteiger partial charge < -0.3 is 10.1 Å². The van der Waals surface area contributed by atoms with Gasteiger partial charge in [0.2, 0.25) is 0 Å². The molecule has 2 rings (SSSR count). The lowest BCUT2D eigenvalue weighted by atomic mass is 10.2. The number of nitrogens with zero attached hydrogens (tertiary/aromatic N) is 1. The molecule has 2 heterocycles. The number of hydrogen-bond donors (Lipinski definition) is 2. The third-order valence-electron chi connectivity index (χ3n) is 1.85. The number of aromatic carboxylic acids is 1. The molecule has 0 saturated heterocycles. The lowest BCUT2D eigenvalue weighted by Crippen LogP contribution is -1.96. The number of carboxylic acids is 1. The predicted octanol–water partition coefficient (Wildman–Crippen LogP) is 2.14. The van der Waals surface area contributed by atoms with Gasteiger partial charge in [0.15, 0.2) is 0 Å². The number of rotatable bonds is 2. The maximum absolute atomic E-state index is 10.8. The minimum absolute atomic E-state index is 0.260. The first-order valence-corrected chi connectivity index (χ1v) is 4.89. The number of aromatic nitrogens is 2. The summed E-state index contributed by atoms with van der Waals surface area (Å²) in [4.78, 5) is 17.9. The molecule has 72 valence electrons. The monoisotopic (exact) mass is 208 g/mol. The van der Waals surface area contributed by atoms with Gasteiger partial charge in [-0.15, -0.1) is 11.3 Å². The zero-order valence-corrected chi connectivity index (χ0v) is 8.26. The predicted molar refractivity (Wildman–Crippen MR) is 53.6 cm³/mol. The second kappa shape index (κ2) is 3.26. The highest BCUT2D eigenvalue weighted by molar-refractivity contribution is 7.09. The Morgan fingerprint density at radius 1 is 1.64 bits per heavy atom. The molecule has 0 bridgehead atoms. The summed E-state index contributed by atoms with van der Waals surface area (Å²) >= 11 is 1.50. The summed E-state index contributed by atoms with van der Waals surface area (Å²) in [5.74, 6) is -0.938. The number of carbonyl (C=O) groups is 1. The molecule has 0 aliphatic heterocycles. The average molecular weight is 208 g/mol. The fourth-order valence-electron chi connectivity index (χ4n) is 1.24. The molecule has 0 spiro atoms. The molecule has 0 fully saturated rings. The molecule has 0 aliphatic rings. The lowest BCUT2D eigenvalue weighted by Gasteiger charge is -1.94. The van der Waals surface area contributed by atoms with Crippen LogP contribution in [0.2, 0.25) is 0 Å². The fraction of sp³-hybridized carbons (Fsp3) is 0.111. The Hall–Kier alpha value is -1.62. The largest absolute Gasteiger partial charge is 0.478 e. The summed E-state index contributed by atoms with van der Waals surface area (Å²) in [6, 6.07) is 1.53. The minimum Gasteiger partial charge on any atom is -0.478 e. The Morgan fingerprint density at radius 2 is 2.43 bits per heavy atom. The smallest absolute Gasteiger partial charge is 0.337 e. The molecule has 5 heteroatoms. The van der Waals surface area contributed by atoms with Crippen LogP contribution < -0.4 is 0 Å². The molecule has 2 aromatic rings. The van der Waals surface area contributed by atoms with Crippen molar-refractivity contribution in [3.8, 4) is 11.4 Å². The molecule has 0 aromatic carbocycles. The quantitative estimate of drug-likeness (QED) is 0.794. The van der Waals surface area contributed by atoms with Crippen LogP contribution in [0, 0.1) is 6.92 Å². The van der Waals surface area contributed by atoms with Crippen molar-refractivity contribution in [3.63, 3.8) is 0 Å². The first-order chi connectivity index (χ1) is 6.68. The SMILES string of the molecule is Cc1nc(-c2[nH]ccc2C(=O)O)cs1. The van der Waals surface area contributed by atoms with Crippen LogP contribution in [-0.4, -0.2) is 21.0 Å². The fourth-order valence-corrected chi connectivity index (χ4v) is 1.84. The highest BCUT2D eigenvalue weighted by atomic mass is 32.1. The first-order valence-electron chi connectivity index (χ1n) is 4.01. The molecular formula is C9H8N2O2S. The van der Waals surface area contributed by atoms with Crippen molar-refractivity contribution >= 4 is 17.3 Å². The van der Waals surface area contributed by atoms with Crippen LogP contribution in [0.4, 0.5) is 0 Å². The number of thiazole rings is 1. The van der Waals surface area contributed by atoms with Crippen molar-refractivity contribution in [2.45, 2.75) is 6.92 Å². The van der Waals surface area contributed by atoms with Gasteiger partial charge in [0.25, 0.3) is 0 Å². The van der Waals surface area contributed by atoms with Crippen LogP contribution in [0.5, 0.6) is 0 Å². The maximum atomic E-state index is 10.8. The molecule has 0 aliphatic carbocycles. The first kappa shape index (κ1) is 8.96. The molecule has 4 nitrogen and oxygen atoms in total. The van der Waals surface area contributed by atoms with E-state index in [1.165, 1.54) is 17.4 Å². The summed E-state index contributed by atoms with van der Waals surface area (Å²) in [6.45, 7) is 1.89. The van der Waals surface area contributed by atoms with Gasteiger partial charge in [-0.05, 0) is 13.0 Å². The van der Waals surface area contributed by atoms with Gasteiger partial charge in [0, 0.05) is 11.6 Å². The van der Waals surface area contributed by atoms with Crippen molar-refractivity contribution in [3.05, 3.63) is 28.2 Å². The van der Waals surface area contributed by atoms with Crippen LogP contribution in [0.1, 0.15) is 15.4 Å². The highest BCUT2D eigenvalue weighted by Gasteiger charge is 2.14. The van der Waals surface area contributed by atoms with Crippen molar-refractivity contribution in [2.24, 2.45) is 0 Å². The average Bonchev–Trinajstić information content (AvgIpc) is 2.70. The Morgan fingerprint density at radius 3 is 3.00 bits per heavy atom. The van der Waals surface area contributed by atoms with Gasteiger partial charge in [-0.3, -0.25) is 0 Å².